The predicted molar refractivity (Wildman–Crippen MR) is 107 cm³/mol. The maximum Gasteiger partial charge on any atom is 0.251 e. The first-order chi connectivity index (χ1) is 13.5. The molecule has 3 aromatic rings. The van der Waals surface area contributed by atoms with Crippen molar-refractivity contribution in [3.8, 4) is 11.3 Å². The molecule has 0 atom stereocenters. The van der Waals surface area contributed by atoms with Crippen LogP contribution in [0.15, 0.2) is 59.1 Å². The van der Waals surface area contributed by atoms with Crippen LogP contribution in [-0.2, 0) is 21.1 Å². The Morgan fingerprint density at radius 3 is 2.54 bits per heavy atom. The molecule has 3 rings (SSSR count). The summed E-state index contributed by atoms with van der Waals surface area (Å²) >= 11 is 1.46. The Morgan fingerprint density at radius 1 is 1.14 bits per heavy atom. The lowest BCUT2D eigenvalue weighted by Gasteiger charge is -2.06. The van der Waals surface area contributed by atoms with E-state index in [0.717, 1.165) is 16.3 Å². The summed E-state index contributed by atoms with van der Waals surface area (Å²) < 4.78 is 29.0. The number of pyridine rings is 1. The van der Waals surface area contributed by atoms with E-state index in [1.165, 1.54) is 42.7 Å². The summed E-state index contributed by atoms with van der Waals surface area (Å²) in [6.07, 6.45) is 3.41. The van der Waals surface area contributed by atoms with Crippen molar-refractivity contribution in [1.29, 1.82) is 0 Å². The average Bonchev–Trinajstić information content (AvgIpc) is 3.20. The van der Waals surface area contributed by atoms with Crippen LogP contribution < -0.4 is 5.32 Å². The van der Waals surface area contributed by atoms with Crippen LogP contribution in [0.5, 0.6) is 0 Å². The number of nitrogens with zero attached hydrogens (tertiary/aromatic N) is 2. The fourth-order valence-electron chi connectivity index (χ4n) is 2.43. The van der Waals surface area contributed by atoms with Crippen LogP contribution in [0.2, 0.25) is 0 Å². The van der Waals surface area contributed by atoms with E-state index in [-0.39, 0.29) is 23.2 Å². The first-order valence-electron chi connectivity index (χ1n) is 8.44. The van der Waals surface area contributed by atoms with E-state index < -0.39 is 9.84 Å². The molecule has 0 unspecified atom stereocenters. The minimum atomic E-state index is -3.41. The number of sulfone groups is 1. The molecule has 1 aromatic carbocycles. The largest absolute Gasteiger partial charge is 0.384 e. The van der Waals surface area contributed by atoms with Crippen LogP contribution >= 0.6 is 11.3 Å². The second kappa shape index (κ2) is 9.05. The second-order valence-electron chi connectivity index (χ2n) is 5.88. The molecule has 146 valence electrons. The number of hydrogen-bond acceptors (Lipinski definition) is 7. The molecule has 0 aliphatic carbocycles. The van der Waals surface area contributed by atoms with Crippen LogP contribution in [0.4, 0.5) is 0 Å². The molecule has 0 radical (unpaired) electrons. The normalized spacial score (nSPS) is 11.3. The van der Waals surface area contributed by atoms with Gasteiger partial charge in [-0.25, -0.2) is 13.4 Å². The molecular weight excluding hydrogens is 398 g/mol. The summed E-state index contributed by atoms with van der Waals surface area (Å²) in [5.74, 6) is -0.389. The zero-order chi connectivity index (χ0) is 20.0. The highest BCUT2D eigenvalue weighted by Gasteiger charge is 2.15. The zero-order valence-electron chi connectivity index (χ0n) is 15.2. The van der Waals surface area contributed by atoms with Crippen molar-refractivity contribution in [1.82, 2.24) is 15.3 Å². The molecule has 0 spiro atoms. The maximum atomic E-state index is 12.3. The smallest absolute Gasteiger partial charge is 0.251 e. The SMILES string of the molecule is COCCS(=O)(=O)c1ccc(C(=O)NCc2nc(-c3ccncc3)cs2)cc1. The van der Waals surface area contributed by atoms with Gasteiger partial charge in [-0.05, 0) is 36.4 Å². The van der Waals surface area contributed by atoms with Gasteiger partial charge in [-0.15, -0.1) is 11.3 Å². The third-order valence-corrected chi connectivity index (χ3v) is 6.50. The Kier molecular flexibility index (Phi) is 6.50. The summed E-state index contributed by atoms with van der Waals surface area (Å²) in [5, 5.41) is 5.50. The van der Waals surface area contributed by atoms with Crippen molar-refractivity contribution in [2.45, 2.75) is 11.4 Å². The third kappa shape index (κ3) is 5.00. The molecule has 7 nitrogen and oxygen atoms in total. The van der Waals surface area contributed by atoms with Gasteiger partial charge in [0.15, 0.2) is 9.84 Å². The molecule has 1 N–H and O–H groups in total. The maximum absolute atomic E-state index is 12.3. The standard InChI is InChI=1S/C19H19N3O4S2/c1-26-10-11-28(24,25)16-4-2-15(3-5-16)19(23)21-12-18-22-17(13-27-18)14-6-8-20-9-7-14/h2-9,13H,10-12H2,1H3,(H,21,23). The van der Waals surface area contributed by atoms with Crippen molar-refractivity contribution in [3.05, 3.63) is 64.7 Å². The van der Waals surface area contributed by atoms with Crippen LogP contribution in [0.3, 0.4) is 0 Å². The van der Waals surface area contributed by atoms with Crippen LogP contribution in [0, 0.1) is 0 Å². The van der Waals surface area contributed by atoms with Gasteiger partial charge in [-0.3, -0.25) is 9.78 Å². The van der Waals surface area contributed by atoms with E-state index in [0.29, 0.717) is 12.1 Å². The van der Waals surface area contributed by atoms with E-state index in [4.69, 9.17) is 4.74 Å². The lowest BCUT2D eigenvalue weighted by molar-refractivity contribution is 0.0950. The predicted octanol–water partition coefficient (Wildman–Crippen LogP) is 2.56. The molecule has 0 fully saturated rings. The highest BCUT2D eigenvalue weighted by Crippen LogP contribution is 2.21. The summed E-state index contributed by atoms with van der Waals surface area (Å²) in [7, 11) is -1.96. The van der Waals surface area contributed by atoms with Crippen LogP contribution in [0.25, 0.3) is 11.3 Å². The Bertz CT molecular complexity index is 1030. The van der Waals surface area contributed by atoms with Gasteiger partial charge in [0.25, 0.3) is 5.91 Å². The van der Waals surface area contributed by atoms with Crippen molar-refractivity contribution < 1.29 is 17.9 Å². The fraction of sp³-hybridized carbons (Fsp3) is 0.211. The Hall–Kier alpha value is -2.62. The van der Waals surface area contributed by atoms with Gasteiger partial charge in [0, 0.05) is 36.0 Å². The molecule has 0 aliphatic heterocycles. The topological polar surface area (TPSA) is 98.2 Å². The number of methoxy groups -OCH3 is 1. The van der Waals surface area contributed by atoms with E-state index in [1.807, 2.05) is 17.5 Å². The minimum Gasteiger partial charge on any atom is -0.384 e. The number of amides is 1. The minimum absolute atomic E-state index is 0.0983. The average molecular weight is 418 g/mol. The van der Waals surface area contributed by atoms with Gasteiger partial charge >= 0.3 is 0 Å². The number of rotatable bonds is 8. The van der Waals surface area contributed by atoms with Gasteiger partial charge < -0.3 is 10.1 Å². The number of aromatic nitrogens is 2. The third-order valence-electron chi connectivity index (χ3n) is 3.96. The van der Waals surface area contributed by atoms with Crippen LogP contribution in [-0.4, -0.2) is 43.8 Å². The van der Waals surface area contributed by atoms with Gasteiger partial charge in [0.05, 0.1) is 29.5 Å². The lowest BCUT2D eigenvalue weighted by atomic mass is 10.2. The number of carbonyl (C=O) groups excluding carboxylic acids is 1. The van der Waals surface area contributed by atoms with Crippen molar-refractivity contribution in [3.63, 3.8) is 0 Å². The fourth-order valence-corrected chi connectivity index (χ4v) is 4.35. The summed E-state index contributed by atoms with van der Waals surface area (Å²) in [5.41, 5.74) is 2.19. The number of hydrogen-bond donors (Lipinski definition) is 1. The molecular formula is C19H19N3O4S2. The zero-order valence-corrected chi connectivity index (χ0v) is 16.8. The Morgan fingerprint density at radius 2 is 1.86 bits per heavy atom. The van der Waals surface area contributed by atoms with Gasteiger partial charge in [0.2, 0.25) is 0 Å². The number of thiazole rings is 1. The van der Waals surface area contributed by atoms with Crippen LogP contribution in [0.1, 0.15) is 15.4 Å². The number of ether oxygens (including phenoxy) is 1. The molecule has 0 saturated carbocycles. The van der Waals surface area contributed by atoms with Crippen molar-refractivity contribution in [2.24, 2.45) is 0 Å². The lowest BCUT2D eigenvalue weighted by Crippen LogP contribution is -2.22. The molecule has 28 heavy (non-hydrogen) atoms. The molecule has 1 amide bonds. The number of benzene rings is 1. The molecule has 2 heterocycles. The quantitative estimate of drug-likeness (QED) is 0.605. The van der Waals surface area contributed by atoms with E-state index in [2.05, 4.69) is 15.3 Å². The first kappa shape index (κ1) is 20.1. The van der Waals surface area contributed by atoms with Crippen molar-refractivity contribution in [2.75, 3.05) is 19.5 Å². The molecule has 0 saturated heterocycles. The van der Waals surface area contributed by atoms with Gasteiger partial charge in [-0.2, -0.15) is 0 Å². The summed E-state index contributed by atoms with van der Waals surface area (Å²) in [6.45, 7) is 0.419. The highest BCUT2D eigenvalue weighted by atomic mass is 32.2. The summed E-state index contributed by atoms with van der Waals surface area (Å²) in [4.78, 5) is 21.0. The van der Waals surface area contributed by atoms with Crippen molar-refractivity contribution >= 4 is 27.1 Å². The van der Waals surface area contributed by atoms with Gasteiger partial charge in [-0.1, -0.05) is 0 Å². The summed E-state index contributed by atoms with van der Waals surface area (Å²) in [6, 6.07) is 9.62. The van der Waals surface area contributed by atoms with E-state index >= 15 is 0 Å². The Balaban J connectivity index is 1.60. The highest BCUT2D eigenvalue weighted by molar-refractivity contribution is 7.91. The molecule has 9 heteroatoms. The number of nitrogens with one attached hydrogen (secondary N) is 1. The molecule has 0 aliphatic rings. The molecule has 0 bridgehead atoms. The Labute approximate surface area is 167 Å². The molecule has 2 aromatic heterocycles. The van der Waals surface area contributed by atoms with E-state index in [9.17, 15) is 13.2 Å². The second-order valence-corrected chi connectivity index (χ2v) is 8.93. The number of carbonyl (C=O) groups is 1. The monoisotopic (exact) mass is 417 g/mol. The van der Waals surface area contributed by atoms with Gasteiger partial charge in [0.1, 0.15) is 5.01 Å². The first-order valence-corrected chi connectivity index (χ1v) is 11.0. The van der Waals surface area contributed by atoms with E-state index in [1.54, 1.807) is 12.4 Å².